The molecule has 0 aromatic rings. The number of guanidine groups is 1. The first-order valence-corrected chi connectivity index (χ1v) is 7.48. The van der Waals surface area contributed by atoms with Gasteiger partial charge in [-0.15, -0.1) is 24.0 Å². The summed E-state index contributed by atoms with van der Waals surface area (Å²) in [6, 6.07) is 0. The Balaban J connectivity index is 0. The number of hydrogen-bond donors (Lipinski definition) is 3. The van der Waals surface area contributed by atoms with Gasteiger partial charge in [0.05, 0.1) is 6.54 Å². The Morgan fingerprint density at radius 2 is 1.68 bits per heavy atom. The molecule has 2 amide bonds. The van der Waals surface area contributed by atoms with Crippen LogP contribution in [0.25, 0.3) is 0 Å². The van der Waals surface area contributed by atoms with Crippen molar-refractivity contribution in [2.45, 2.75) is 39.4 Å². The van der Waals surface area contributed by atoms with Gasteiger partial charge in [-0.05, 0) is 27.7 Å². The summed E-state index contributed by atoms with van der Waals surface area (Å²) in [6.07, 6.45) is -4.45. The van der Waals surface area contributed by atoms with E-state index in [1.165, 1.54) is 0 Å². The molecule has 25 heavy (non-hydrogen) atoms. The molecular weight excluding hydrogens is 454 g/mol. The molecule has 0 bridgehead atoms. The zero-order chi connectivity index (χ0) is 19.0. The molecule has 0 aromatic carbocycles. The van der Waals surface area contributed by atoms with Crippen LogP contribution in [0.4, 0.5) is 13.2 Å². The lowest BCUT2D eigenvalue weighted by Gasteiger charge is -2.21. The van der Waals surface area contributed by atoms with Crippen LogP contribution < -0.4 is 16.0 Å². The van der Waals surface area contributed by atoms with Gasteiger partial charge in [0.15, 0.2) is 5.96 Å². The van der Waals surface area contributed by atoms with Crippen LogP contribution in [0.5, 0.6) is 0 Å². The van der Waals surface area contributed by atoms with Crippen LogP contribution in [-0.2, 0) is 9.59 Å². The van der Waals surface area contributed by atoms with Crippen molar-refractivity contribution in [3.63, 3.8) is 0 Å². The molecule has 0 atom stereocenters. The van der Waals surface area contributed by atoms with E-state index >= 15 is 0 Å². The fraction of sp³-hybridized carbons (Fsp3) is 0.786. The fourth-order valence-electron chi connectivity index (χ4n) is 1.60. The second-order valence-corrected chi connectivity index (χ2v) is 6.21. The number of likely N-dealkylation sites (N-methyl/N-ethyl adjacent to an activating group) is 1. The molecule has 7 nitrogen and oxygen atoms in total. The van der Waals surface area contributed by atoms with E-state index in [0.29, 0.717) is 11.4 Å². The van der Waals surface area contributed by atoms with Crippen molar-refractivity contribution in [1.29, 1.82) is 0 Å². The normalized spacial score (nSPS) is 12.1. The highest BCUT2D eigenvalue weighted by Gasteiger charge is 2.31. The van der Waals surface area contributed by atoms with Gasteiger partial charge in [0.25, 0.3) is 0 Å². The van der Waals surface area contributed by atoms with Crippen LogP contribution in [-0.4, -0.2) is 67.6 Å². The Bertz CT molecular complexity index is 464. The number of halogens is 4. The van der Waals surface area contributed by atoms with Gasteiger partial charge >= 0.3 is 6.18 Å². The van der Waals surface area contributed by atoms with Crippen molar-refractivity contribution in [2.75, 3.05) is 33.2 Å². The van der Waals surface area contributed by atoms with E-state index in [-0.39, 0.29) is 48.9 Å². The average molecular weight is 481 g/mol. The number of carbonyl (C=O) groups excluding carboxylic acids is 2. The molecule has 0 heterocycles. The van der Waals surface area contributed by atoms with Gasteiger partial charge in [-0.3, -0.25) is 9.59 Å². The Morgan fingerprint density at radius 1 is 1.12 bits per heavy atom. The number of aliphatic imine (C=N–C) groups is 1. The molecule has 3 N–H and O–H groups in total. The Morgan fingerprint density at radius 3 is 2.12 bits per heavy atom. The fourth-order valence-corrected chi connectivity index (χ4v) is 1.60. The minimum atomic E-state index is -4.45. The second-order valence-electron chi connectivity index (χ2n) is 6.21. The van der Waals surface area contributed by atoms with Crippen molar-refractivity contribution in [3.05, 3.63) is 0 Å². The summed E-state index contributed by atoms with van der Waals surface area (Å²) < 4.78 is 36.7. The molecule has 0 fully saturated rings. The number of carbonyl (C=O) groups is 2. The summed E-state index contributed by atoms with van der Waals surface area (Å²) in [4.78, 5) is 27.9. The van der Waals surface area contributed by atoms with E-state index in [0.717, 1.165) is 7.05 Å². The molecule has 11 heteroatoms. The van der Waals surface area contributed by atoms with Crippen molar-refractivity contribution in [3.8, 4) is 0 Å². The highest BCUT2D eigenvalue weighted by molar-refractivity contribution is 14.0. The summed E-state index contributed by atoms with van der Waals surface area (Å²) in [5.41, 5.74) is -0.394. The molecule has 0 unspecified atom stereocenters. The van der Waals surface area contributed by atoms with Gasteiger partial charge in [0.2, 0.25) is 11.8 Å². The van der Waals surface area contributed by atoms with Gasteiger partial charge in [-0.1, -0.05) is 0 Å². The number of amides is 2. The van der Waals surface area contributed by atoms with Crippen molar-refractivity contribution in [1.82, 2.24) is 20.9 Å². The summed E-state index contributed by atoms with van der Waals surface area (Å²) >= 11 is 0. The first-order chi connectivity index (χ1) is 10.8. The Kier molecular flexibility index (Phi) is 11.8. The number of alkyl halides is 3. The standard InChI is InChI=1S/C14H26F3N5O2.HI/c1-6-18-12(19-7-10(23)21-13(2,3)4)20-8-11(24)22(5)9-14(15,16)17;/h6-9H2,1-5H3,(H,21,23)(H2,18,19,20);1H. The van der Waals surface area contributed by atoms with Crippen LogP contribution in [0.15, 0.2) is 4.99 Å². The molecule has 0 radical (unpaired) electrons. The number of nitrogens with one attached hydrogen (secondary N) is 3. The smallest absolute Gasteiger partial charge is 0.357 e. The third kappa shape index (κ3) is 14.8. The molecule has 0 saturated heterocycles. The average Bonchev–Trinajstić information content (AvgIpc) is 2.37. The van der Waals surface area contributed by atoms with E-state index in [4.69, 9.17) is 0 Å². The SMILES string of the molecule is CCNC(=NCC(=O)NC(C)(C)C)NCC(=O)N(C)CC(F)(F)F.I. The van der Waals surface area contributed by atoms with Crippen molar-refractivity contribution >= 4 is 41.8 Å². The second kappa shape index (κ2) is 11.4. The minimum absolute atomic E-state index is 0. The zero-order valence-corrected chi connectivity index (χ0v) is 17.4. The van der Waals surface area contributed by atoms with Crippen LogP contribution >= 0.6 is 24.0 Å². The Hall–Kier alpha value is -1.27. The third-order valence-corrected chi connectivity index (χ3v) is 2.49. The van der Waals surface area contributed by atoms with Crippen molar-refractivity contribution < 1.29 is 22.8 Å². The molecule has 0 aromatic heterocycles. The van der Waals surface area contributed by atoms with Crippen LogP contribution in [0.2, 0.25) is 0 Å². The van der Waals surface area contributed by atoms with Gasteiger partial charge in [0, 0.05) is 19.1 Å². The van der Waals surface area contributed by atoms with Gasteiger partial charge in [-0.25, -0.2) is 4.99 Å². The zero-order valence-electron chi connectivity index (χ0n) is 15.1. The van der Waals surface area contributed by atoms with Crippen LogP contribution in [0.3, 0.4) is 0 Å². The quantitative estimate of drug-likeness (QED) is 0.302. The highest BCUT2D eigenvalue weighted by atomic mass is 127. The number of rotatable bonds is 6. The molecule has 0 aliphatic heterocycles. The molecule has 0 aliphatic carbocycles. The van der Waals surface area contributed by atoms with Gasteiger partial charge in [-0.2, -0.15) is 13.2 Å². The van der Waals surface area contributed by atoms with Gasteiger partial charge < -0.3 is 20.9 Å². The van der Waals surface area contributed by atoms with E-state index in [9.17, 15) is 22.8 Å². The summed E-state index contributed by atoms with van der Waals surface area (Å²) in [5.74, 6) is -0.868. The van der Waals surface area contributed by atoms with Crippen LogP contribution in [0, 0.1) is 0 Å². The van der Waals surface area contributed by atoms with Crippen molar-refractivity contribution in [2.24, 2.45) is 4.99 Å². The van der Waals surface area contributed by atoms with Gasteiger partial charge in [0.1, 0.15) is 13.1 Å². The van der Waals surface area contributed by atoms with E-state index in [2.05, 4.69) is 20.9 Å². The highest BCUT2D eigenvalue weighted by Crippen LogP contribution is 2.15. The largest absolute Gasteiger partial charge is 0.406 e. The molecule has 0 saturated carbocycles. The van der Waals surface area contributed by atoms with Crippen LogP contribution in [0.1, 0.15) is 27.7 Å². The third-order valence-electron chi connectivity index (χ3n) is 2.49. The lowest BCUT2D eigenvalue weighted by atomic mass is 10.1. The maximum Gasteiger partial charge on any atom is 0.406 e. The lowest BCUT2D eigenvalue weighted by Crippen LogP contribution is -2.46. The number of hydrogen-bond acceptors (Lipinski definition) is 3. The summed E-state index contributed by atoms with van der Waals surface area (Å²) in [7, 11) is 1.07. The topological polar surface area (TPSA) is 85.8 Å². The monoisotopic (exact) mass is 481 g/mol. The molecule has 0 aliphatic rings. The predicted octanol–water partition coefficient (Wildman–Crippen LogP) is 1.09. The first kappa shape index (κ1) is 26.0. The number of nitrogens with zero attached hydrogens (tertiary/aromatic N) is 2. The molecule has 148 valence electrons. The van der Waals surface area contributed by atoms with E-state index in [1.54, 1.807) is 6.92 Å². The first-order valence-electron chi connectivity index (χ1n) is 7.48. The summed E-state index contributed by atoms with van der Waals surface area (Å²) in [5, 5.41) is 8.14. The predicted molar refractivity (Wildman–Crippen MR) is 101 cm³/mol. The van der Waals surface area contributed by atoms with E-state index in [1.807, 2.05) is 20.8 Å². The molecule has 0 rings (SSSR count). The minimum Gasteiger partial charge on any atom is -0.357 e. The maximum absolute atomic E-state index is 12.2. The molecule has 0 spiro atoms. The lowest BCUT2D eigenvalue weighted by molar-refractivity contribution is -0.157. The Labute approximate surface area is 163 Å². The van der Waals surface area contributed by atoms with E-state index < -0.39 is 24.2 Å². The molecular formula is C14H27F3IN5O2. The summed E-state index contributed by atoms with van der Waals surface area (Å²) in [6.45, 7) is 5.88. The maximum atomic E-state index is 12.2.